The molecule has 0 spiro atoms. The SMILES string of the molecule is CCCC[N+](C(N)=O)=C(c1ccc(N(C)C)cc1)c1ccc(N(C)C)cc1. The fourth-order valence-electron chi connectivity index (χ4n) is 2.96. The van der Waals surface area contributed by atoms with E-state index in [2.05, 4.69) is 41.0 Å². The van der Waals surface area contributed by atoms with E-state index < -0.39 is 6.03 Å². The topological polar surface area (TPSA) is 52.6 Å². The molecule has 27 heavy (non-hydrogen) atoms. The summed E-state index contributed by atoms with van der Waals surface area (Å²) in [5.74, 6) is 0. The van der Waals surface area contributed by atoms with E-state index in [1.165, 1.54) is 0 Å². The molecule has 2 N–H and O–H groups in total. The van der Waals surface area contributed by atoms with E-state index >= 15 is 0 Å². The molecule has 0 aliphatic carbocycles. The van der Waals surface area contributed by atoms with Crippen molar-refractivity contribution in [3.8, 4) is 0 Å². The van der Waals surface area contributed by atoms with Gasteiger partial charge in [0, 0.05) is 50.7 Å². The van der Waals surface area contributed by atoms with E-state index in [0.717, 1.165) is 41.1 Å². The molecule has 0 saturated carbocycles. The van der Waals surface area contributed by atoms with Crippen LogP contribution < -0.4 is 15.5 Å². The van der Waals surface area contributed by atoms with Crippen LogP contribution in [0.3, 0.4) is 0 Å². The number of benzene rings is 2. The Morgan fingerprint density at radius 2 is 1.26 bits per heavy atom. The van der Waals surface area contributed by atoms with Gasteiger partial charge in [-0.3, -0.25) is 5.73 Å². The van der Waals surface area contributed by atoms with Gasteiger partial charge in [-0.1, -0.05) is 13.3 Å². The lowest BCUT2D eigenvalue weighted by molar-refractivity contribution is -0.425. The summed E-state index contributed by atoms with van der Waals surface area (Å²) in [5.41, 5.74) is 10.8. The highest BCUT2D eigenvalue weighted by Crippen LogP contribution is 2.19. The highest BCUT2D eigenvalue weighted by Gasteiger charge is 2.21. The second-order valence-electron chi connectivity index (χ2n) is 7.07. The zero-order valence-electron chi connectivity index (χ0n) is 17.1. The first-order chi connectivity index (χ1) is 12.8. The Hall–Kier alpha value is -2.82. The van der Waals surface area contributed by atoms with Gasteiger partial charge in [-0.2, -0.15) is 9.37 Å². The van der Waals surface area contributed by atoms with Crippen molar-refractivity contribution >= 4 is 23.1 Å². The Bertz CT molecular complexity index is 737. The molecular weight excluding hydrogens is 336 g/mol. The molecule has 0 saturated heterocycles. The number of hydrogen-bond acceptors (Lipinski definition) is 3. The van der Waals surface area contributed by atoms with Crippen LogP contribution in [0, 0.1) is 0 Å². The van der Waals surface area contributed by atoms with Gasteiger partial charge in [-0.05, 0) is 55.0 Å². The van der Waals surface area contributed by atoms with E-state index in [-0.39, 0.29) is 0 Å². The number of anilines is 2. The molecule has 5 nitrogen and oxygen atoms in total. The molecule has 2 aromatic rings. The van der Waals surface area contributed by atoms with Crippen LogP contribution >= 0.6 is 0 Å². The van der Waals surface area contributed by atoms with Crippen LogP contribution in [-0.2, 0) is 0 Å². The van der Waals surface area contributed by atoms with Crippen LogP contribution in [0.4, 0.5) is 16.2 Å². The summed E-state index contributed by atoms with van der Waals surface area (Å²) >= 11 is 0. The standard InChI is InChI=1S/C22H30N4O/c1-6-7-16-26(22(23)27)21(17-8-12-19(13-9-17)24(2)3)18-10-14-20(15-11-18)25(4)5/h8-15H,6-7,16H2,1-5H3,(H-,23,27)/p+1. The van der Waals surface area contributed by atoms with Crippen LogP contribution in [0.25, 0.3) is 0 Å². The average Bonchev–Trinajstić information content (AvgIpc) is 2.65. The summed E-state index contributed by atoms with van der Waals surface area (Å²) in [6.07, 6.45) is 1.90. The van der Waals surface area contributed by atoms with E-state index in [1.807, 2.05) is 52.5 Å². The minimum Gasteiger partial charge on any atom is -0.378 e. The molecule has 0 aliphatic rings. The van der Waals surface area contributed by atoms with Gasteiger partial charge in [0.2, 0.25) is 0 Å². The van der Waals surface area contributed by atoms with E-state index in [1.54, 1.807) is 4.58 Å². The third kappa shape index (κ3) is 5.09. The van der Waals surface area contributed by atoms with Gasteiger partial charge >= 0.3 is 6.03 Å². The monoisotopic (exact) mass is 367 g/mol. The first kappa shape index (κ1) is 20.5. The minimum absolute atomic E-state index is 0.424. The molecule has 0 aliphatic heterocycles. The predicted molar refractivity (Wildman–Crippen MR) is 114 cm³/mol. The third-order valence-electron chi connectivity index (χ3n) is 4.59. The average molecular weight is 368 g/mol. The number of primary amides is 1. The number of rotatable bonds is 7. The molecule has 0 aromatic heterocycles. The number of hydrogen-bond donors (Lipinski definition) is 1. The van der Waals surface area contributed by atoms with Crippen LogP contribution in [0.5, 0.6) is 0 Å². The minimum atomic E-state index is -0.424. The highest BCUT2D eigenvalue weighted by molar-refractivity contribution is 6.11. The smallest absolute Gasteiger partial charge is 0.378 e. The van der Waals surface area contributed by atoms with Crippen LogP contribution in [-0.4, -0.2) is 51.1 Å². The molecule has 5 heteroatoms. The van der Waals surface area contributed by atoms with Crippen molar-refractivity contribution < 1.29 is 9.37 Å². The van der Waals surface area contributed by atoms with Gasteiger partial charge in [0.05, 0.1) is 6.54 Å². The Labute approximate surface area is 162 Å². The van der Waals surface area contributed by atoms with Gasteiger partial charge < -0.3 is 9.80 Å². The van der Waals surface area contributed by atoms with Gasteiger partial charge in [0.1, 0.15) is 5.71 Å². The van der Waals surface area contributed by atoms with Crippen molar-refractivity contribution in [3.05, 3.63) is 59.7 Å². The summed E-state index contributed by atoms with van der Waals surface area (Å²) in [6.45, 7) is 2.71. The zero-order chi connectivity index (χ0) is 20.0. The molecule has 0 unspecified atom stereocenters. The Kier molecular flexibility index (Phi) is 6.99. The largest absolute Gasteiger partial charge is 0.489 e. The molecular formula is C22H31N4O+. The second kappa shape index (κ2) is 9.21. The molecule has 2 aromatic carbocycles. The Balaban J connectivity index is 2.61. The first-order valence-electron chi connectivity index (χ1n) is 9.34. The summed E-state index contributed by atoms with van der Waals surface area (Å²) < 4.78 is 1.69. The van der Waals surface area contributed by atoms with Crippen molar-refractivity contribution in [1.82, 2.24) is 0 Å². The molecule has 0 bridgehead atoms. The molecule has 0 fully saturated rings. The van der Waals surface area contributed by atoms with Gasteiger partial charge in [-0.15, -0.1) is 0 Å². The van der Waals surface area contributed by atoms with E-state index in [4.69, 9.17) is 5.73 Å². The lowest BCUT2D eigenvalue weighted by atomic mass is 10.0. The third-order valence-corrected chi connectivity index (χ3v) is 4.59. The number of nitrogens with two attached hydrogens (primary N) is 1. The van der Waals surface area contributed by atoms with E-state index in [0.29, 0.717) is 6.54 Å². The Morgan fingerprint density at radius 1 is 0.852 bits per heavy atom. The molecule has 0 heterocycles. The predicted octanol–water partition coefficient (Wildman–Crippen LogP) is 3.55. The Morgan fingerprint density at radius 3 is 1.56 bits per heavy atom. The quantitative estimate of drug-likeness (QED) is 0.601. The van der Waals surface area contributed by atoms with Gasteiger partial charge in [0.25, 0.3) is 0 Å². The summed E-state index contributed by atoms with van der Waals surface area (Å²) in [6, 6.07) is 16.0. The highest BCUT2D eigenvalue weighted by atomic mass is 16.2. The number of carbonyl (C=O) groups is 1. The molecule has 0 radical (unpaired) electrons. The lowest BCUT2D eigenvalue weighted by Gasteiger charge is -2.16. The normalized spacial score (nSPS) is 10.4. The number of nitrogens with zero attached hydrogens (tertiary/aromatic N) is 3. The van der Waals surface area contributed by atoms with Crippen molar-refractivity contribution in [2.24, 2.45) is 5.73 Å². The van der Waals surface area contributed by atoms with Crippen LogP contribution in [0.15, 0.2) is 48.5 Å². The first-order valence-corrected chi connectivity index (χ1v) is 9.34. The number of amides is 2. The summed E-state index contributed by atoms with van der Waals surface area (Å²) in [4.78, 5) is 16.4. The zero-order valence-corrected chi connectivity index (χ0v) is 17.1. The van der Waals surface area contributed by atoms with Crippen molar-refractivity contribution in [2.45, 2.75) is 19.8 Å². The molecule has 2 amide bonds. The number of unbranched alkanes of at least 4 members (excludes halogenated alkanes) is 1. The molecule has 0 atom stereocenters. The second-order valence-corrected chi connectivity index (χ2v) is 7.07. The van der Waals surface area contributed by atoms with Gasteiger partial charge in [0.15, 0.2) is 0 Å². The van der Waals surface area contributed by atoms with Gasteiger partial charge in [-0.25, -0.2) is 0 Å². The maximum absolute atomic E-state index is 12.3. The van der Waals surface area contributed by atoms with Crippen molar-refractivity contribution in [1.29, 1.82) is 0 Å². The van der Waals surface area contributed by atoms with E-state index in [9.17, 15) is 4.79 Å². The number of carbonyl (C=O) groups excluding carboxylic acids is 1. The maximum Gasteiger partial charge on any atom is 0.489 e. The summed E-state index contributed by atoms with van der Waals surface area (Å²) in [5, 5.41) is 0. The summed E-state index contributed by atoms with van der Waals surface area (Å²) in [7, 11) is 8.04. The van der Waals surface area contributed by atoms with Crippen molar-refractivity contribution in [3.63, 3.8) is 0 Å². The van der Waals surface area contributed by atoms with Crippen molar-refractivity contribution in [2.75, 3.05) is 44.5 Å². The fourth-order valence-corrected chi connectivity index (χ4v) is 2.96. The maximum atomic E-state index is 12.3. The van der Waals surface area contributed by atoms with Crippen LogP contribution in [0.1, 0.15) is 30.9 Å². The molecule has 2 rings (SSSR count). The van der Waals surface area contributed by atoms with Crippen LogP contribution in [0.2, 0.25) is 0 Å². The lowest BCUT2D eigenvalue weighted by Crippen LogP contribution is -2.34. The fraction of sp³-hybridized carbons (Fsp3) is 0.364. The number of urea groups is 1. The molecule has 144 valence electrons.